The summed E-state index contributed by atoms with van der Waals surface area (Å²) in [4.78, 5) is 39.9. The van der Waals surface area contributed by atoms with Gasteiger partial charge in [0, 0.05) is 28.7 Å². The van der Waals surface area contributed by atoms with Gasteiger partial charge in [-0.3, -0.25) is 14.4 Å². The van der Waals surface area contributed by atoms with Gasteiger partial charge in [-0.25, -0.2) is 0 Å². The van der Waals surface area contributed by atoms with E-state index in [2.05, 4.69) is 5.32 Å². The molecule has 1 aromatic rings. The van der Waals surface area contributed by atoms with Crippen molar-refractivity contribution >= 4 is 40.9 Å². The molecule has 2 aliphatic rings. The van der Waals surface area contributed by atoms with E-state index in [0.29, 0.717) is 28.7 Å². The van der Waals surface area contributed by atoms with Gasteiger partial charge in [0.1, 0.15) is 12.1 Å². The van der Waals surface area contributed by atoms with Crippen LogP contribution in [0.5, 0.6) is 0 Å². The molecule has 2 heterocycles. The number of fused-ring (bicyclic) bond motifs is 1. The largest absolute Gasteiger partial charge is 0.343 e. The number of benzene rings is 1. The smallest absolute Gasteiger partial charge is 0.254 e. The molecule has 2 aliphatic heterocycles. The molecule has 0 bridgehead atoms. The molecule has 8 heteroatoms. The average molecular weight is 356 g/mol. The number of halogens is 2. The first kappa shape index (κ1) is 16.1. The molecule has 3 amide bonds. The highest BCUT2D eigenvalue weighted by Gasteiger charge is 2.42. The second kappa shape index (κ2) is 6.02. The van der Waals surface area contributed by atoms with Gasteiger partial charge in [-0.2, -0.15) is 0 Å². The minimum Gasteiger partial charge on any atom is -0.343 e. The number of nitrogens with zero attached hydrogens (tertiary/aromatic N) is 2. The fourth-order valence-electron chi connectivity index (χ4n) is 2.94. The number of hydrogen-bond acceptors (Lipinski definition) is 3. The van der Waals surface area contributed by atoms with Gasteiger partial charge in [0.25, 0.3) is 5.91 Å². The van der Waals surface area contributed by atoms with Crippen molar-refractivity contribution in [3.8, 4) is 0 Å². The molecular weight excluding hydrogens is 341 g/mol. The van der Waals surface area contributed by atoms with Crippen molar-refractivity contribution in [1.29, 1.82) is 0 Å². The third kappa shape index (κ3) is 3.01. The number of nitrogens with one attached hydrogen (secondary N) is 1. The highest BCUT2D eigenvalue weighted by Crippen LogP contribution is 2.22. The van der Waals surface area contributed by atoms with Crippen LogP contribution in [0.4, 0.5) is 0 Å². The zero-order valence-corrected chi connectivity index (χ0v) is 13.9. The SMILES string of the molecule is C[C@H]1NC(=O)[C@H]2CN(C(=O)c3cc(Cl)cc(Cl)c3)CCN2C1=O. The summed E-state index contributed by atoms with van der Waals surface area (Å²) in [5.74, 6) is -0.612. The molecule has 1 N–H and O–H groups in total. The Hall–Kier alpha value is -1.79. The van der Waals surface area contributed by atoms with Gasteiger partial charge in [-0.05, 0) is 25.1 Å². The first-order valence-electron chi connectivity index (χ1n) is 7.23. The monoisotopic (exact) mass is 355 g/mol. The molecule has 0 spiro atoms. The maximum absolute atomic E-state index is 12.6. The normalized spacial score (nSPS) is 24.3. The Morgan fingerprint density at radius 1 is 1.17 bits per heavy atom. The topological polar surface area (TPSA) is 69.7 Å². The predicted molar refractivity (Wildman–Crippen MR) is 85.5 cm³/mol. The number of hydrogen-bond donors (Lipinski definition) is 1. The zero-order chi connectivity index (χ0) is 16.7. The molecule has 0 aromatic heterocycles. The predicted octanol–water partition coefficient (Wildman–Crippen LogP) is 1.16. The number of amides is 3. The molecule has 0 unspecified atom stereocenters. The van der Waals surface area contributed by atoms with Gasteiger partial charge in [-0.15, -0.1) is 0 Å². The van der Waals surface area contributed by atoms with Crippen LogP contribution in [0, 0.1) is 0 Å². The van der Waals surface area contributed by atoms with E-state index in [4.69, 9.17) is 23.2 Å². The first-order chi connectivity index (χ1) is 10.9. The quantitative estimate of drug-likeness (QED) is 0.821. The van der Waals surface area contributed by atoms with Crippen molar-refractivity contribution < 1.29 is 14.4 Å². The van der Waals surface area contributed by atoms with Crippen LogP contribution < -0.4 is 5.32 Å². The second-order valence-corrected chi connectivity index (χ2v) is 6.56. The summed E-state index contributed by atoms with van der Waals surface area (Å²) in [6.45, 7) is 2.52. The third-order valence-corrected chi connectivity index (χ3v) is 4.53. The Bertz CT molecular complexity index is 674. The van der Waals surface area contributed by atoms with E-state index in [-0.39, 0.29) is 24.3 Å². The Labute approximate surface area is 143 Å². The highest BCUT2D eigenvalue weighted by molar-refractivity contribution is 6.35. The van der Waals surface area contributed by atoms with E-state index in [1.807, 2.05) is 0 Å². The Balaban J connectivity index is 1.80. The van der Waals surface area contributed by atoms with Gasteiger partial charge >= 0.3 is 0 Å². The van der Waals surface area contributed by atoms with Gasteiger partial charge in [-0.1, -0.05) is 23.2 Å². The molecule has 0 saturated carbocycles. The fourth-order valence-corrected chi connectivity index (χ4v) is 3.46. The summed E-state index contributed by atoms with van der Waals surface area (Å²) >= 11 is 11.9. The summed E-state index contributed by atoms with van der Waals surface area (Å²) in [5.41, 5.74) is 0.367. The van der Waals surface area contributed by atoms with E-state index in [0.717, 1.165) is 0 Å². The van der Waals surface area contributed by atoms with Crippen LogP contribution >= 0.6 is 23.2 Å². The zero-order valence-electron chi connectivity index (χ0n) is 12.4. The molecule has 0 radical (unpaired) electrons. The molecular formula is C15H15Cl2N3O3. The van der Waals surface area contributed by atoms with Gasteiger partial charge in [0.15, 0.2) is 0 Å². The molecule has 23 heavy (non-hydrogen) atoms. The van der Waals surface area contributed by atoms with E-state index >= 15 is 0 Å². The molecule has 6 nitrogen and oxygen atoms in total. The van der Waals surface area contributed by atoms with Crippen molar-refractivity contribution in [1.82, 2.24) is 15.1 Å². The summed E-state index contributed by atoms with van der Waals surface area (Å²) in [6.07, 6.45) is 0. The van der Waals surface area contributed by atoms with Crippen LogP contribution in [-0.4, -0.2) is 59.2 Å². The second-order valence-electron chi connectivity index (χ2n) is 5.69. The average Bonchev–Trinajstić information content (AvgIpc) is 2.50. The molecule has 122 valence electrons. The Morgan fingerprint density at radius 2 is 1.83 bits per heavy atom. The molecule has 0 aliphatic carbocycles. The molecule has 2 saturated heterocycles. The van der Waals surface area contributed by atoms with Crippen LogP contribution in [0.25, 0.3) is 0 Å². The Kier molecular flexibility index (Phi) is 4.21. The minimum atomic E-state index is -0.647. The molecule has 1 aromatic carbocycles. The minimum absolute atomic E-state index is 0.118. The lowest BCUT2D eigenvalue weighted by Crippen LogP contribution is -2.69. The first-order valence-corrected chi connectivity index (χ1v) is 7.98. The summed E-state index contributed by atoms with van der Waals surface area (Å²) in [7, 11) is 0. The van der Waals surface area contributed by atoms with Crippen LogP contribution in [-0.2, 0) is 9.59 Å². The van der Waals surface area contributed by atoms with Crippen LogP contribution in [0.1, 0.15) is 17.3 Å². The van der Waals surface area contributed by atoms with E-state index in [1.54, 1.807) is 17.9 Å². The number of piperazine rings is 2. The van der Waals surface area contributed by atoms with E-state index < -0.39 is 12.1 Å². The lowest BCUT2D eigenvalue weighted by molar-refractivity contribution is -0.151. The number of rotatable bonds is 1. The molecule has 2 fully saturated rings. The van der Waals surface area contributed by atoms with Crippen LogP contribution in [0.3, 0.4) is 0 Å². The van der Waals surface area contributed by atoms with Gasteiger partial charge in [0.05, 0.1) is 6.54 Å². The maximum atomic E-state index is 12.6. The van der Waals surface area contributed by atoms with E-state index in [1.165, 1.54) is 17.0 Å². The van der Waals surface area contributed by atoms with Gasteiger partial charge in [0.2, 0.25) is 11.8 Å². The van der Waals surface area contributed by atoms with Gasteiger partial charge < -0.3 is 15.1 Å². The van der Waals surface area contributed by atoms with Crippen molar-refractivity contribution in [2.75, 3.05) is 19.6 Å². The molecule has 2 atom stereocenters. The number of carbonyl (C=O) groups is 3. The third-order valence-electron chi connectivity index (χ3n) is 4.09. The van der Waals surface area contributed by atoms with Crippen molar-refractivity contribution in [2.24, 2.45) is 0 Å². The summed E-state index contributed by atoms with van der Waals surface area (Å²) in [6, 6.07) is 3.46. The van der Waals surface area contributed by atoms with E-state index in [9.17, 15) is 14.4 Å². The summed E-state index contributed by atoms with van der Waals surface area (Å²) in [5, 5.41) is 3.38. The van der Waals surface area contributed by atoms with Crippen LogP contribution in [0.2, 0.25) is 10.0 Å². The molecule has 3 rings (SSSR count). The fraction of sp³-hybridized carbons (Fsp3) is 0.400. The summed E-state index contributed by atoms with van der Waals surface area (Å²) < 4.78 is 0. The lowest BCUT2D eigenvalue weighted by atomic mass is 10.0. The maximum Gasteiger partial charge on any atom is 0.254 e. The lowest BCUT2D eigenvalue weighted by Gasteiger charge is -2.44. The Morgan fingerprint density at radius 3 is 2.48 bits per heavy atom. The number of carbonyl (C=O) groups excluding carboxylic acids is 3. The van der Waals surface area contributed by atoms with Crippen LogP contribution in [0.15, 0.2) is 18.2 Å². The highest BCUT2D eigenvalue weighted by atomic mass is 35.5. The van der Waals surface area contributed by atoms with Crippen molar-refractivity contribution in [2.45, 2.75) is 19.0 Å². The van der Waals surface area contributed by atoms with Crippen molar-refractivity contribution in [3.63, 3.8) is 0 Å². The van der Waals surface area contributed by atoms with Crippen molar-refractivity contribution in [3.05, 3.63) is 33.8 Å². The standard InChI is InChI=1S/C15H15Cl2N3O3/c1-8-14(22)20-3-2-19(7-12(20)13(21)18-8)15(23)9-4-10(16)6-11(17)5-9/h4-6,8,12H,2-3,7H2,1H3,(H,18,21)/t8-,12-/m1/s1.